The standard InChI is InChI=1S/C15H23BrN2/c1-11(12-6-8-14(16)9-7-12)18-15-5-3-2-4-13(15)10-17/h6-9,11,13,15,18H,2-5,10,17H2,1H3/t11-,13?,15?/m0/s1. The van der Waals surface area contributed by atoms with E-state index in [9.17, 15) is 0 Å². The van der Waals surface area contributed by atoms with Gasteiger partial charge >= 0.3 is 0 Å². The lowest BCUT2D eigenvalue weighted by molar-refractivity contribution is 0.252. The van der Waals surface area contributed by atoms with Crippen molar-refractivity contribution in [2.75, 3.05) is 6.54 Å². The molecule has 0 amide bonds. The van der Waals surface area contributed by atoms with Crippen molar-refractivity contribution in [1.82, 2.24) is 5.32 Å². The Bertz CT molecular complexity index is 363. The lowest BCUT2D eigenvalue weighted by atomic mass is 9.84. The molecule has 3 N–H and O–H groups in total. The van der Waals surface area contributed by atoms with E-state index in [-0.39, 0.29) is 0 Å². The van der Waals surface area contributed by atoms with Crippen LogP contribution < -0.4 is 11.1 Å². The van der Waals surface area contributed by atoms with Crippen LogP contribution in [0.5, 0.6) is 0 Å². The van der Waals surface area contributed by atoms with Crippen LogP contribution in [0.25, 0.3) is 0 Å². The average Bonchev–Trinajstić information content (AvgIpc) is 2.40. The summed E-state index contributed by atoms with van der Waals surface area (Å²) >= 11 is 3.48. The first-order chi connectivity index (χ1) is 8.70. The summed E-state index contributed by atoms with van der Waals surface area (Å²) in [7, 11) is 0. The first kappa shape index (κ1) is 14.0. The number of rotatable bonds is 4. The van der Waals surface area contributed by atoms with Crippen molar-refractivity contribution in [2.24, 2.45) is 11.7 Å². The van der Waals surface area contributed by atoms with E-state index in [0.717, 1.165) is 11.0 Å². The Balaban J connectivity index is 1.97. The van der Waals surface area contributed by atoms with Crippen LogP contribution in [0.1, 0.15) is 44.2 Å². The molecule has 1 aromatic rings. The highest BCUT2D eigenvalue weighted by Gasteiger charge is 2.25. The van der Waals surface area contributed by atoms with Crippen molar-refractivity contribution >= 4 is 15.9 Å². The van der Waals surface area contributed by atoms with Crippen LogP contribution in [0.4, 0.5) is 0 Å². The van der Waals surface area contributed by atoms with Gasteiger partial charge in [-0.25, -0.2) is 0 Å². The average molecular weight is 311 g/mol. The normalized spacial score (nSPS) is 25.9. The Morgan fingerprint density at radius 1 is 1.28 bits per heavy atom. The Hall–Kier alpha value is -0.380. The van der Waals surface area contributed by atoms with Gasteiger partial charge in [0.15, 0.2) is 0 Å². The monoisotopic (exact) mass is 310 g/mol. The summed E-state index contributed by atoms with van der Waals surface area (Å²) in [5.74, 6) is 0.650. The largest absolute Gasteiger partial charge is 0.330 e. The van der Waals surface area contributed by atoms with Gasteiger partial charge in [-0.1, -0.05) is 40.9 Å². The van der Waals surface area contributed by atoms with Crippen molar-refractivity contribution in [2.45, 2.75) is 44.7 Å². The molecule has 0 saturated heterocycles. The lowest BCUT2D eigenvalue weighted by Crippen LogP contribution is -2.42. The second kappa shape index (κ2) is 6.69. The summed E-state index contributed by atoms with van der Waals surface area (Å²) in [6.07, 6.45) is 5.22. The molecule has 0 aromatic heterocycles. The molecule has 1 saturated carbocycles. The molecule has 3 heteroatoms. The van der Waals surface area contributed by atoms with Gasteiger partial charge in [-0.3, -0.25) is 0 Å². The van der Waals surface area contributed by atoms with Crippen LogP contribution in [-0.2, 0) is 0 Å². The van der Waals surface area contributed by atoms with Crippen molar-refractivity contribution in [1.29, 1.82) is 0 Å². The van der Waals surface area contributed by atoms with Crippen molar-refractivity contribution in [3.8, 4) is 0 Å². The van der Waals surface area contributed by atoms with E-state index in [1.54, 1.807) is 0 Å². The van der Waals surface area contributed by atoms with Gasteiger partial charge in [0.1, 0.15) is 0 Å². The molecular formula is C15H23BrN2. The minimum Gasteiger partial charge on any atom is -0.330 e. The Morgan fingerprint density at radius 3 is 2.61 bits per heavy atom. The zero-order chi connectivity index (χ0) is 13.0. The maximum absolute atomic E-state index is 5.88. The van der Waals surface area contributed by atoms with Gasteiger partial charge < -0.3 is 11.1 Å². The van der Waals surface area contributed by atoms with Crippen LogP contribution in [0.2, 0.25) is 0 Å². The van der Waals surface area contributed by atoms with E-state index in [0.29, 0.717) is 18.0 Å². The molecule has 0 bridgehead atoms. The smallest absolute Gasteiger partial charge is 0.0294 e. The fourth-order valence-electron chi connectivity index (χ4n) is 2.88. The topological polar surface area (TPSA) is 38.0 Å². The molecule has 1 aromatic carbocycles. The number of nitrogens with two attached hydrogens (primary N) is 1. The van der Waals surface area contributed by atoms with E-state index in [4.69, 9.17) is 5.73 Å². The maximum Gasteiger partial charge on any atom is 0.0294 e. The van der Waals surface area contributed by atoms with Gasteiger partial charge in [0.05, 0.1) is 0 Å². The fraction of sp³-hybridized carbons (Fsp3) is 0.600. The summed E-state index contributed by atoms with van der Waals surface area (Å²) in [5.41, 5.74) is 7.23. The van der Waals surface area contributed by atoms with Gasteiger partial charge in [0.25, 0.3) is 0 Å². The molecule has 3 atom stereocenters. The predicted octanol–water partition coefficient (Wildman–Crippen LogP) is 3.62. The fourth-order valence-corrected chi connectivity index (χ4v) is 3.14. The van der Waals surface area contributed by atoms with E-state index in [1.807, 2.05) is 0 Å². The van der Waals surface area contributed by atoms with Crippen molar-refractivity contribution < 1.29 is 0 Å². The zero-order valence-corrected chi connectivity index (χ0v) is 12.6. The Kier molecular flexibility index (Phi) is 5.22. The third-order valence-corrected chi connectivity index (χ3v) is 4.57. The van der Waals surface area contributed by atoms with Crippen molar-refractivity contribution in [3.05, 3.63) is 34.3 Å². The number of hydrogen-bond donors (Lipinski definition) is 2. The van der Waals surface area contributed by atoms with Gasteiger partial charge in [0, 0.05) is 16.6 Å². The highest BCUT2D eigenvalue weighted by atomic mass is 79.9. The summed E-state index contributed by atoms with van der Waals surface area (Å²) in [5, 5.41) is 3.76. The highest BCUT2D eigenvalue weighted by Crippen LogP contribution is 2.26. The first-order valence-electron chi connectivity index (χ1n) is 6.92. The van der Waals surface area contributed by atoms with Crippen molar-refractivity contribution in [3.63, 3.8) is 0 Å². The molecule has 2 unspecified atom stereocenters. The lowest BCUT2D eigenvalue weighted by Gasteiger charge is -2.34. The van der Waals surface area contributed by atoms with Crippen LogP contribution in [0, 0.1) is 5.92 Å². The predicted molar refractivity (Wildman–Crippen MR) is 80.5 cm³/mol. The molecule has 0 heterocycles. The zero-order valence-electron chi connectivity index (χ0n) is 11.0. The molecule has 0 aliphatic heterocycles. The Morgan fingerprint density at radius 2 is 1.94 bits per heavy atom. The molecule has 1 aliphatic carbocycles. The highest BCUT2D eigenvalue weighted by molar-refractivity contribution is 9.10. The van der Waals surface area contributed by atoms with E-state index < -0.39 is 0 Å². The number of benzene rings is 1. The third kappa shape index (κ3) is 3.56. The summed E-state index contributed by atoms with van der Waals surface area (Å²) in [6, 6.07) is 9.56. The molecule has 2 rings (SSSR count). The summed E-state index contributed by atoms with van der Waals surface area (Å²) < 4.78 is 1.14. The molecule has 2 nitrogen and oxygen atoms in total. The number of hydrogen-bond acceptors (Lipinski definition) is 2. The van der Waals surface area contributed by atoms with Gasteiger partial charge in [0.2, 0.25) is 0 Å². The van der Waals surface area contributed by atoms with E-state index in [2.05, 4.69) is 52.4 Å². The van der Waals surface area contributed by atoms with Crippen LogP contribution >= 0.6 is 15.9 Å². The minimum absolute atomic E-state index is 0.398. The molecular weight excluding hydrogens is 288 g/mol. The van der Waals surface area contributed by atoms with E-state index >= 15 is 0 Å². The second-order valence-corrected chi connectivity index (χ2v) is 6.24. The molecule has 0 radical (unpaired) electrons. The summed E-state index contributed by atoms with van der Waals surface area (Å²) in [6.45, 7) is 3.05. The SMILES string of the molecule is C[C@H](NC1CCCCC1CN)c1ccc(Br)cc1. The van der Waals surface area contributed by atoms with Crippen LogP contribution in [0.15, 0.2) is 28.7 Å². The van der Waals surface area contributed by atoms with Gasteiger partial charge in [-0.05, 0) is 49.9 Å². The third-order valence-electron chi connectivity index (χ3n) is 4.05. The molecule has 1 aliphatic rings. The Labute approximate surface area is 118 Å². The molecule has 1 fully saturated rings. The first-order valence-corrected chi connectivity index (χ1v) is 7.71. The molecule has 0 spiro atoms. The maximum atomic E-state index is 5.88. The van der Waals surface area contributed by atoms with Gasteiger partial charge in [-0.2, -0.15) is 0 Å². The minimum atomic E-state index is 0.398. The molecule has 100 valence electrons. The van der Waals surface area contributed by atoms with Crippen LogP contribution in [-0.4, -0.2) is 12.6 Å². The summed E-state index contributed by atoms with van der Waals surface area (Å²) in [4.78, 5) is 0. The number of nitrogens with one attached hydrogen (secondary N) is 1. The quantitative estimate of drug-likeness (QED) is 0.891. The molecule has 18 heavy (non-hydrogen) atoms. The van der Waals surface area contributed by atoms with Gasteiger partial charge in [-0.15, -0.1) is 0 Å². The van der Waals surface area contributed by atoms with E-state index in [1.165, 1.54) is 31.2 Å². The second-order valence-electron chi connectivity index (χ2n) is 5.33. The van der Waals surface area contributed by atoms with Crippen LogP contribution in [0.3, 0.4) is 0 Å². The number of halogens is 1.